The molecule has 2 unspecified atom stereocenters. The van der Waals surface area contributed by atoms with Crippen molar-refractivity contribution in [2.45, 2.75) is 38.5 Å². The van der Waals surface area contributed by atoms with Crippen molar-refractivity contribution in [3.05, 3.63) is 12.4 Å². The maximum atomic E-state index is 10.1. The number of nitrogen functional groups attached to an aromatic ring is 1. The van der Waals surface area contributed by atoms with Crippen molar-refractivity contribution in [1.82, 2.24) is 19.6 Å². The highest BCUT2D eigenvalue weighted by atomic mass is 16.3. The minimum atomic E-state index is -0.421. The maximum absolute atomic E-state index is 10.1. The summed E-state index contributed by atoms with van der Waals surface area (Å²) in [4.78, 5) is 4.74. The Balaban J connectivity index is 1.74. The van der Waals surface area contributed by atoms with Gasteiger partial charge in [-0.25, -0.2) is 0 Å². The molecule has 0 radical (unpaired) electrons. The Bertz CT molecular complexity index is 408. The molecule has 1 aliphatic rings. The second kappa shape index (κ2) is 7.06. The van der Waals surface area contributed by atoms with Crippen LogP contribution < -0.4 is 5.73 Å². The number of likely N-dealkylation sites (N-methyl/N-ethyl adjacent to an activating group) is 2. The summed E-state index contributed by atoms with van der Waals surface area (Å²) in [7, 11) is 2.08. The summed E-state index contributed by atoms with van der Waals surface area (Å²) in [6, 6.07) is 0.637. The monoisotopic (exact) mass is 281 g/mol. The van der Waals surface area contributed by atoms with Crippen LogP contribution in [0.25, 0.3) is 0 Å². The van der Waals surface area contributed by atoms with Crippen molar-refractivity contribution in [1.29, 1.82) is 0 Å². The average molecular weight is 281 g/mol. The van der Waals surface area contributed by atoms with Gasteiger partial charge in [-0.1, -0.05) is 6.92 Å². The first-order valence-electron chi connectivity index (χ1n) is 7.47. The van der Waals surface area contributed by atoms with E-state index in [9.17, 15) is 5.11 Å². The minimum absolute atomic E-state index is 0.421. The molecule has 0 bridgehead atoms. The van der Waals surface area contributed by atoms with Crippen LogP contribution >= 0.6 is 0 Å². The normalized spacial score (nSPS) is 21.7. The molecule has 0 aromatic carbocycles. The van der Waals surface area contributed by atoms with E-state index >= 15 is 0 Å². The Morgan fingerprint density at radius 1 is 1.60 bits per heavy atom. The zero-order valence-electron chi connectivity index (χ0n) is 12.6. The maximum Gasteiger partial charge on any atom is 0.0862 e. The number of likely N-dealkylation sites (tertiary alicyclic amines) is 1. The van der Waals surface area contributed by atoms with Crippen molar-refractivity contribution in [3.63, 3.8) is 0 Å². The molecule has 20 heavy (non-hydrogen) atoms. The summed E-state index contributed by atoms with van der Waals surface area (Å²) >= 11 is 0. The van der Waals surface area contributed by atoms with Gasteiger partial charge in [-0.05, 0) is 33.0 Å². The van der Waals surface area contributed by atoms with Gasteiger partial charge in [0.2, 0.25) is 0 Å². The molecule has 0 spiro atoms. The Hall–Kier alpha value is -1.11. The number of aliphatic hydroxyl groups excluding tert-OH is 1. The van der Waals surface area contributed by atoms with E-state index in [1.165, 1.54) is 19.4 Å². The van der Waals surface area contributed by atoms with Crippen molar-refractivity contribution >= 4 is 5.69 Å². The molecule has 1 saturated heterocycles. The van der Waals surface area contributed by atoms with Crippen LogP contribution in [0.2, 0.25) is 0 Å². The van der Waals surface area contributed by atoms with Crippen LogP contribution in [0.15, 0.2) is 12.4 Å². The number of nitrogens with two attached hydrogens (primary N) is 1. The van der Waals surface area contributed by atoms with Gasteiger partial charge < -0.3 is 15.7 Å². The van der Waals surface area contributed by atoms with E-state index in [-0.39, 0.29) is 0 Å². The highest BCUT2D eigenvalue weighted by Gasteiger charge is 2.24. The first-order chi connectivity index (χ1) is 9.58. The molecular formula is C14H27N5O. The van der Waals surface area contributed by atoms with E-state index in [2.05, 4.69) is 28.9 Å². The first kappa shape index (κ1) is 15.3. The number of anilines is 1. The molecular weight excluding hydrogens is 254 g/mol. The van der Waals surface area contributed by atoms with E-state index in [0.29, 0.717) is 24.8 Å². The Morgan fingerprint density at radius 2 is 2.40 bits per heavy atom. The van der Waals surface area contributed by atoms with Crippen LogP contribution in [-0.2, 0) is 6.54 Å². The molecule has 2 rings (SSSR count). The summed E-state index contributed by atoms with van der Waals surface area (Å²) in [6.45, 7) is 6.72. The van der Waals surface area contributed by atoms with Crippen molar-refractivity contribution in [3.8, 4) is 0 Å². The molecule has 6 heteroatoms. The molecule has 2 atom stereocenters. The molecule has 2 heterocycles. The third-order valence-corrected chi connectivity index (χ3v) is 4.00. The van der Waals surface area contributed by atoms with Gasteiger partial charge >= 0.3 is 0 Å². The summed E-state index contributed by atoms with van der Waals surface area (Å²) in [6.07, 6.45) is 5.49. The fourth-order valence-corrected chi connectivity index (χ4v) is 3.07. The van der Waals surface area contributed by atoms with Crippen LogP contribution in [0.5, 0.6) is 0 Å². The predicted octanol–water partition coefficient (Wildman–Crippen LogP) is 0.242. The molecule has 0 saturated carbocycles. The van der Waals surface area contributed by atoms with Crippen LogP contribution in [0, 0.1) is 0 Å². The average Bonchev–Trinajstić information content (AvgIpc) is 2.98. The van der Waals surface area contributed by atoms with Crippen molar-refractivity contribution in [2.75, 3.05) is 39.0 Å². The number of hydrogen-bond donors (Lipinski definition) is 2. The number of hydrogen-bond acceptors (Lipinski definition) is 5. The second-order valence-electron chi connectivity index (χ2n) is 5.80. The lowest BCUT2D eigenvalue weighted by molar-refractivity contribution is 0.0934. The standard InChI is InChI=1S/C14H27N5O/c1-3-18-6-4-5-13(18)9-17(2)10-14(20)11-19-8-12(15)7-16-19/h7-8,13-14,20H,3-6,9-11,15H2,1-2H3. The molecule has 1 aromatic heterocycles. The van der Waals surface area contributed by atoms with E-state index in [4.69, 9.17) is 5.73 Å². The SMILES string of the molecule is CCN1CCCC1CN(C)CC(O)Cn1cc(N)cn1. The fourth-order valence-electron chi connectivity index (χ4n) is 3.07. The summed E-state index contributed by atoms with van der Waals surface area (Å²) < 4.78 is 1.70. The molecule has 6 nitrogen and oxygen atoms in total. The highest BCUT2D eigenvalue weighted by Crippen LogP contribution is 2.17. The van der Waals surface area contributed by atoms with E-state index < -0.39 is 6.10 Å². The van der Waals surface area contributed by atoms with Crippen LogP contribution in [0.3, 0.4) is 0 Å². The molecule has 1 fully saturated rings. The van der Waals surface area contributed by atoms with Crippen LogP contribution in [0.4, 0.5) is 5.69 Å². The lowest BCUT2D eigenvalue weighted by Gasteiger charge is -2.28. The largest absolute Gasteiger partial charge is 0.396 e. The number of rotatable bonds is 7. The van der Waals surface area contributed by atoms with E-state index in [1.807, 2.05) is 0 Å². The van der Waals surface area contributed by atoms with Gasteiger partial charge in [-0.3, -0.25) is 9.58 Å². The van der Waals surface area contributed by atoms with Crippen LogP contribution in [-0.4, -0.2) is 70.1 Å². The molecule has 0 aliphatic carbocycles. The van der Waals surface area contributed by atoms with Gasteiger partial charge in [-0.2, -0.15) is 5.10 Å². The molecule has 1 aromatic rings. The molecule has 114 valence electrons. The van der Waals surface area contributed by atoms with Gasteiger partial charge in [0.05, 0.1) is 24.5 Å². The smallest absolute Gasteiger partial charge is 0.0862 e. The fraction of sp³-hybridized carbons (Fsp3) is 0.786. The Morgan fingerprint density at radius 3 is 3.05 bits per heavy atom. The van der Waals surface area contributed by atoms with Gasteiger partial charge in [0.15, 0.2) is 0 Å². The quantitative estimate of drug-likeness (QED) is 0.749. The number of aromatic nitrogens is 2. The van der Waals surface area contributed by atoms with Gasteiger partial charge in [0.1, 0.15) is 0 Å². The van der Waals surface area contributed by atoms with E-state index in [0.717, 1.165) is 13.1 Å². The summed E-state index contributed by atoms with van der Waals surface area (Å²) in [5.41, 5.74) is 6.25. The van der Waals surface area contributed by atoms with Crippen molar-refractivity contribution in [2.24, 2.45) is 0 Å². The summed E-state index contributed by atoms with van der Waals surface area (Å²) in [5.74, 6) is 0. The molecule has 0 amide bonds. The van der Waals surface area contributed by atoms with Gasteiger partial charge in [0.25, 0.3) is 0 Å². The molecule has 1 aliphatic heterocycles. The topological polar surface area (TPSA) is 70.5 Å². The second-order valence-corrected chi connectivity index (χ2v) is 5.80. The Kier molecular flexibility index (Phi) is 5.39. The number of aliphatic hydroxyl groups is 1. The highest BCUT2D eigenvalue weighted by molar-refractivity contribution is 5.30. The lowest BCUT2D eigenvalue weighted by Crippen LogP contribution is -2.42. The summed E-state index contributed by atoms with van der Waals surface area (Å²) in [5, 5.41) is 14.2. The third-order valence-electron chi connectivity index (χ3n) is 4.00. The van der Waals surface area contributed by atoms with Crippen molar-refractivity contribution < 1.29 is 5.11 Å². The minimum Gasteiger partial charge on any atom is -0.396 e. The zero-order valence-corrected chi connectivity index (χ0v) is 12.6. The number of nitrogens with zero attached hydrogens (tertiary/aromatic N) is 4. The van der Waals surface area contributed by atoms with Crippen LogP contribution in [0.1, 0.15) is 19.8 Å². The molecule has 3 N–H and O–H groups in total. The van der Waals surface area contributed by atoms with E-state index in [1.54, 1.807) is 17.1 Å². The third kappa shape index (κ3) is 4.19. The van der Waals surface area contributed by atoms with Gasteiger partial charge in [0, 0.05) is 25.3 Å². The predicted molar refractivity (Wildman–Crippen MR) is 80.4 cm³/mol. The van der Waals surface area contributed by atoms with Gasteiger partial charge in [-0.15, -0.1) is 0 Å². The zero-order chi connectivity index (χ0) is 14.5. The first-order valence-corrected chi connectivity index (χ1v) is 7.47. The Labute approximate surface area is 121 Å². The lowest BCUT2D eigenvalue weighted by atomic mass is 10.2.